The van der Waals surface area contributed by atoms with Crippen LogP contribution in [0.3, 0.4) is 0 Å². The van der Waals surface area contributed by atoms with Gasteiger partial charge in [-0.2, -0.15) is 0 Å². The molecular weight excluding hydrogens is 309 g/mol. The standard InChI is InChI=1S/C19H20FNO3/c20-17-11-9-16(10-12-17)13-21(14-19(23)24)18(22)8-4-7-15-5-2-1-3-6-15/h1-3,5-6,9-12H,4,7-8,13-14H2,(H,23,24). The molecule has 0 aliphatic carbocycles. The molecule has 0 saturated carbocycles. The molecule has 2 rings (SSSR count). The van der Waals surface area contributed by atoms with Crippen molar-refractivity contribution in [3.8, 4) is 0 Å². The molecule has 0 fully saturated rings. The minimum atomic E-state index is -1.06. The van der Waals surface area contributed by atoms with Gasteiger partial charge in [0.2, 0.25) is 5.91 Å². The zero-order valence-electron chi connectivity index (χ0n) is 13.3. The van der Waals surface area contributed by atoms with E-state index in [-0.39, 0.29) is 31.2 Å². The lowest BCUT2D eigenvalue weighted by Gasteiger charge is -2.21. The third kappa shape index (κ3) is 5.83. The summed E-state index contributed by atoms with van der Waals surface area (Å²) >= 11 is 0. The first-order chi connectivity index (χ1) is 11.5. The van der Waals surface area contributed by atoms with Crippen LogP contribution in [-0.4, -0.2) is 28.4 Å². The van der Waals surface area contributed by atoms with Crippen molar-refractivity contribution in [1.82, 2.24) is 4.90 Å². The summed E-state index contributed by atoms with van der Waals surface area (Å²) in [6.07, 6.45) is 1.70. The van der Waals surface area contributed by atoms with Crippen LogP contribution in [-0.2, 0) is 22.6 Å². The Morgan fingerprint density at radius 2 is 1.62 bits per heavy atom. The molecule has 0 aliphatic rings. The van der Waals surface area contributed by atoms with Gasteiger partial charge in [0, 0.05) is 13.0 Å². The van der Waals surface area contributed by atoms with Crippen LogP contribution in [0.5, 0.6) is 0 Å². The fraction of sp³-hybridized carbons (Fsp3) is 0.263. The van der Waals surface area contributed by atoms with Gasteiger partial charge in [-0.3, -0.25) is 9.59 Å². The van der Waals surface area contributed by atoms with E-state index in [1.165, 1.54) is 17.0 Å². The van der Waals surface area contributed by atoms with Crippen LogP contribution in [0.15, 0.2) is 54.6 Å². The van der Waals surface area contributed by atoms with E-state index < -0.39 is 5.97 Å². The lowest BCUT2D eigenvalue weighted by Crippen LogP contribution is -2.35. The maximum atomic E-state index is 12.9. The predicted molar refractivity (Wildman–Crippen MR) is 88.8 cm³/mol. The van der Waals surface area contributed by atoms with Gasteiger partial charge < -0.3 is 10.0 Å². The van der Waals surface area contributed by atoms with Crippen LogP contribution in [0, 0.1) is 5.82 Å². The number of rotatable bonds is 8. The number of carboxylic acids is 1. The minimum Gasteiger partial charge on any atom is -0.480 e. The van der Waals surface area contributed by atoms with Crippen molar-refractivity contribution >= 4 is 11.9 Å². The monoisotopic (exact) mass is 329 g/mol. The number of aryl methyl sites for hydroxylation is 1. The Bertz CT molecular complexity index is 671. The first kappa shape index (κ1) is 17.7. The molecule has 1 amide bonds. The number of carboxylic acid groups (broad SMARTS) is 1. The number of aliphatic carboxylic acids is 1. The summed E-state index contributed by atoms with van der Waals surface area (Å²) in [6.45, 7) is -0.196. The largest absolute Gasteiger partial charge is 0.480 e. The van der Waals surface area contributed by atoms with Crippen LogP contribution in [0.2, 0.25) is 0 Å². The average molecular weight is 329 g/mol. The third-order valence-electron chi connectivity index (χ3n) is 3.66. The van der Waals surface area contributed by atoms with Crippen molar-refractivity contribution in [1.29, 1.82) is 0 Å². The van der Waals surface area contributed by atoms with E-state index in [2.05, 4.69) is 0 Å². The van der Waals surface area contributed by atoms with E-state index in [1.54, 1.807) is 12.1 Å². The Balaban J connectivity index is 1.92. The van der Waals surface area contributed by atoms with Crippen molar-refractivity contribution in [2.75, 3.05) is 6.54 Å². The number of carbonyl (C=O) groups excluding carboxylic acids is 1. The fourth-order valence-electron chi connectivity index (χ4n) is 2.45. The summed E-state index contributed by atoms with van der Waals surface area (Å²) in [4.78, 5) is 24.6. The smallest absolute Gasteiger partial charge is 0.323 e. The number of hydrogen-bond acceptors (Lipinski definition) is 2. The molecule has 0 aliphatic heterocycles. The van der Waals surface area contributed by atoms with Gasteiger partial charge in [-0.1, -0.05) is 42.5 Å². The first-order valence-electron chi connectivity index (χ1n) is 7.82. The molecular formula is C19H20FNO3. The third-order valence-corrected chi connectivity index (χ3v) is 3.66. The van der Waals surface area contributed by atoms with E-state index >= 15 is 0 Å². The molecule has 0 unspecified atom stereocenters. The highest BCUT2D eigenvalue weighted by molar-refractivity contribution is 5.81. The lowest BCUT2D eigenvalue weighted by atomic mass is 10.1. The van der Waals surface area contributed by atoms with Crippen molar-refractivity contribution in [3.63, 3.8) is 0 Å². The molecule has 2 aromatic carbocycles. The molecule has 0 saturated heterocycles. The highest BCUT2D eigenvalue weighted by atomic mass is 19.1. The van der Waals surface area contributed by atoms with Gasteiger partial charge in [-0.05, 0) is 36.1 Å². The summed E-state index contributed by atoms with van der Waals surface area (Å²) in [5, 5.41) is 9.00. The number of halogens is 1. The molecule has 0 heterocycles. The van der Waals surface area contributed by atoms with Crippen LogP contribution < -0.4 is 0 Å². The molecule has 5 heteroatoms. The quantitative estimate of drug-likeness (QED) is 0.809. The SMILES string of the molecule is O=C(O)CN(Cc1ccc(F)cc1)C(=O)CCCc1ccccc1. The maximum Gasteiger partial charge on any atom is 0.323 e. The molecule has 0 spiro atoms. The summed E-state index contributed by atoms with van der Waals surface area (Å²) in [7, 11) is 0. The summed E-state index contributed by atoms with van der Waals surface area (Å²) in [5.41, 5.74) is 1.85. The number of amides is 1. The van der Waals surface area contributed by atoms with Crippen molar-refractivity contribution in [2.45, 2.75) is 25.8 Å². The highest BCUT2D eigenvalue weighted by Crippen LogP contribution is 2.11. The van der Waals surface area contributed by atoms with Gasteiger partial charge in [-0.25, -0.2) is 4.39 Å². The fourth-order valence-corrected chi connectivity index (χ4v) is 2.45. The Morgan fingerprint density at radius 1 is 0.958 bits per heavy atom. The molecule has 0 atom stereocenters. The van der Waals surface area contributed by atoms with E-state index in [0.717, 1.165) is 12.0 Å². The average Bonchev–Trinajstić information content (AvgIpc) is 2.57. The topological polar surface area (TPSA) is 57.6 Å². The van der Waals surface area contributed by atoms with Gasteiger partial charge in [0.25, 0.3) is 0 Å². The molecule has 126 valence electrons. The second-order valence-electron chi connectivity index (χ2n) is 5.61. The Hall–Kier alpha value is -2.69. The number of carbonyl (C=O) groups is 2. The van der Waals surface area contributed by atoms with Crippen molar-refractivity contribution < 1.29 is 19.1 Å². The van der Waals surface area contributed by atoms with Crippen molar-refractivity contribution in [2.24, 2.45) is 0 Å². The lowest BCUT2D eigenvalue weighted by molar-refractivity contribution is -0.144. The summed E-state index contributed by atoms with van der Waals surface area (Å²) in [6, 6.07) is 15.5. The Labute approximate surface area is 140 Å². The summed E-state index contributed by atoms with van der Waals surface area (Å²) < 4.78 is 12.9. The molecule has 0 bridgehead atoms. The predicted octanol–water partition coefficient (Wildman–Crippen LogP) is 3.26. The van der Waals surface area contributed by atoms with Gasteiger partial charge in [0.15, 0.2) is 0 Å². The molecule has 2 aromatic rings. The second-order valence-corrected chi connectivity index (χ2v) is 5.61. The first-order valence-corrected chi connectivity index (χ1v) is 7.82. The Morgan fingerprint density at radius 3 is 2.25 bits per heavy atom. The van der Waals surface area contributed by atoms with E-state index in [1.807, 2.05) is 30.3 Å². The van der Waals surface area contributed by atoms with E-state index in [0.29, 0.717) is 12.0 Å². The van der Waals surface area contributed by atoms with Gasteiger partial charge in [0.05, 0.1) is 0 Å². The molecule has 0 aromatic heterocycles. The van der Waals surface area contributed by atoms with Gasteiger partial charge in [-0.15, -0.1) is 0 Å². The number of benzene rings is 2. The minimum absolute atomic E-state index is 0.163. The van der Waals surface area contributed by atoms with E-state index in [9.17, 15) is 14.0 Å². The van der Waals surface area contributed by atoms with Crippen LogP contribution in [0.25, 0.3) is 0 Å². The van der Waals surface area contributed by atoms with Gasteiger partial charge >= 0.3 is 5.97 Å². The van der Waals surface area contributed by atoms with Crippen LogP contribution >= 0.6 is 0 Å². The maximum absolute atomic E-state index is 12.9. The second kappa shape index (κ2) is 8.82. The van der Waals surface area contributed by atoms with Crippen LogP contribution in [0.4, 0.5) is 4.39 Å². The summed E-state index contributed by atoms with van der Waals surface area (Å²) in [5.74, 6) is -1.64. The van der Waals surface area contributed by atoms with Gasteiger partial charge in [0.1, 0.15) is 12.4 Å². The molecule has 1 N–H and O–H groups in total. The molecule has 4 nitrogen and oxygen atoms in total. The van der Waals surface area contributed by atoms with E-state index in [4.69, 9.17) is 5.11 Å². The highest BCUT2D eigenvalue weighted by Gasteiger charge is 2.17. The number of hydrogen-bond donors (Lipinski definition) is 1. The molecule has 0 radical (unpaired) electrons. The number of nitrogens with zero attached hydrogens (tertiary/aromatic N) is 1. The van der Waals surface area contributed by atoms with Crippen LogP contribution in [0.1, 0.15) is 24.0 Å². The normalized spacial score (nSPS) is 10.4. The van der Waals surface area contributed by atoms with Crippen molar-refractivity contribution in [3.05, 3.63) is 71.5 Å². The molecule has 24 heavy (non-hydrogen) atoms. The zero-order chi connectivity index (χ0) is 17.4. The Kier molecular flexibility index (Phi) is 6.49. The zero-order valence-corrected chi connectivity index (χ0v) is 13.3.